The Morgan fingerprint density at radius 1 is 1.07 bits per heavy atom. The summed E-state index contributed by atoms with van der Waals surface area (Å²) in [6, 6.07) is 3.06. The summed E-state index contributed by atoms with van der Waals surface area (Å²) in [7, 11) is 3.10. The lowest BCUT2D eigenvalue weighted by molar-refractivity contribution is -0.159. The van der Waals surface area contributed by atoms with E-state index in [9.17, 15) is 39.9 Å². The van der Waals surface area contributed by atoms with Crippen molar-refractivity contribution in [2.24, 2.45) is 11.8 Å². The Bertz CT molecular complexity index is 1380. The number of piperazine rings is 1. The molecule has 1 saturated carbocycles. The highest BCUT2D eigenvalue weighted by Crippen LogP contribution is 2.57. The monoisotopic (exact) mass is 586 g/mol. The highest BCUT2D eigenvalue weighted by molar-refractivity contribution is 6.25. The van der Waals surface area contributed by atoms with Crippen LogP contribution in [-0.2, 0) is 20.0 Å². The van der Waals surface area contributed by atoms with E-state index in [4.69, 9.17) is 5.11 Å². The molecule has 3 aliphatic carbocycles. The molecule has 228 valence electrons. The van der Waals surface area contributed by atoms with Gasteiger partial charge < -0.3 is 36.0 Å². The number of aliphatic hydroxyl groups is 5. The topological polar surface area (TPSA) is 194 Å². The molecule has 1 aromatic carbocycles. The van der Waals surface area contributed by atoms with Crippen LogP contribution >= 0.6 is 0 Å². The van der Waals surface area contributed by atoms with E-state index in [0.717, 1.165) is 0 Å². The van der Waals surface area contributed by atoms with Gasteiger partial charge in [-0.05, 0) is 39.1 Å². The molecule has 5 atom stereocenters. The summed E-state index contributed by atoms with van der Waals surface area (Å²) in [4.78, 5) is 46.7. The molecule has 0 spiro atoms. The van der Waals surface area contributed by atoms with Crippen LogP contribution in [0.5, 0.6) is 5.75 Å². The largest absolute Gasteiger partial charge is 0.508 e. The predicted molar refractivity (Wildman–Crippen MR) is 149 cm³/mol. The standard InChI is InChI=1S/C29H38N4O9/c1-28(41)15-5-4-6-18(35)19(15)23(36)20-16(28)13-17-22(31(2)3)24(37)21(26(39)29(17,42)25(20)38)27(40)30-14-33-9-7-32(8-10-33)11-12-34/h4-6,16-17,22,34-36,39,41-42H,7-14H2,1-3H3,(H,30,40)/t16-,17+,22+,28-,29+/m1/s1. The quantitative estimate of drug-likeness (QED) is 0.198. The molecule has 0 radical (unpaired) electrons. The number of nitrogens with zero attached hydrogens (tertiary/aromatic N) is 3. The van der Waals surface area contributed by atoms with Crippen molar-refractivity contribution in [3.63, 3.8) is 0 Å². The number of benzene rings is 1. The van der Waals surface area contributed by atoms with Crippen molar-refractivity contribution in [1.29, 1.82) is 0 Å². The molecule has 5 rings (SSSR count). The smallest absolute Gasteiger partial charge is 0.259 e. The molecule has 1 amide bonds. The van der Waals surface area contributed by atoms with Crippen molar-refractivity contribution >= 4 is 23.2 Å². The molecule has 42 heavy (non-hydrogen) atoms. The zero-order valence-corrected chi connectivity index (χ0v) is 23.9. The number of carbonyl (C=O) groups excluding carboxylic acids is 3. The minimum atomic E-state index is -2.76. The van der Waals surface area contributed by atoms with E-state index < -0.39 is 69.2 Å². The fourth-order valence-corrected chi connectivity index (χ4v) is 7.07. The fourth-order valence-electron chi connectivity index (χ4n) is 7.07. The summed E-state index contributed by atoms with van der Waals surface area (Å²) in [6.07, 6.45) is -0.199. The number of hydrogen-bond donors (Lipinski definition) is 7. The Labute approximate surface area is 243 Å². The highest BCUT2D eigenvalue weighted by Gasteiger charge is 2.66. The first-order valence-electron chi connectivity index (χ1n) is 14.0. The van der Waals surface area contributed by atoms with Crippen LogP contribution in [0.1, 0.15) is 24.5 Å². The molecule has 0 bridgehead atoms. The van der Waals surface area contributed by atoms with Crippen molar-refractivity contribution < 1.29 is 45.0 Å². The van der Waals surface area contributed by atoms with Gasteiger partial charge in [0.25, 0.3) is 5.91 Å². The van der Waals surface area contributed by atoms with Gasteiger partial charge in [0.15, 0.2) is 11.4 Å². The van der Waals surface area contributed by atoms with Crippen molar-refractivity contribution in [3.8, 4) is 5.75 Å². The number of phenolic OH excluding ortho intramolecular Hbond substituents is 1. The lowest BCUT2D eigenvalue weighted by atomic mass is 9.54. The zero-order chi connectivity index (χ0) is 30.7. The zero-order valence-electron chi connectivity index (χ0n) is 23.9. The third-order valence-electron chi connectivity index (χ3n) is 9.35. The average Bonchev–Trinajstić information content (AvgIpc) is 2.93. The Hall–Kier alpha value is -3.33. The normalized spacial score (nSPS) is 32.1. The van der Waals surface area contributed by atoms with E-state index in [1.165, 1.54) is 30.0 Å². The number of carbonyl (C=O) groups is 3. The maximum Gasteiger partial charge on any atom is 0.259 e. The predicted octanol–water partition coefficient (Wildman–Crippen LogP) is -1.17. The van der Waals surface area contributed by atoms with Crippen molar-refractivity contribution in [3.05, 3.63) is 46.2 Å². The second kappa shape index (κ2) is 10.7. The summed E-state index contributed by atoms with van der Waals surface area (Å²) in [5.74, 6) is -7.39. The van der Waals surface area contributed by atoms with Crippen molar-refractivity contribution in [2.75, 3.05) is 60.1 Å². The second-order valence-electron chi connectivity index (χ2n) is 11.9. The molecule has 4 aliphatic rings. The summed E-state index contributed by atoms with van der Waals surface area (Å²) < 4.78 is 0. The molecule has 0 unspecified atom stereocenters. The van der Waals surface area contributed by atoms with E-state index >= 15 is 0 Å². The minimum absolute atomic E-state index is 0.0442. The lowest BCUT2D eigenvalue weighted by Gasteiger charge is -2.53. The molecule has 1 aliphatic heterocycles. The van der Waals surface area contributed by atoms with Gasteiger partial charge in [-0.15, -0.1) is 0 Å². The Balaban J connectivity index is 1.53. The van der Waals surface area contributed by atoms with Crippen LogP contribution in [0.4, 0.5) is 0 Å². The first-order valence-corrected chi connectivity index (χ1v) is 14.0. The molecule has 13 nitrogen and oxygen atoms in total. The lowest BCUT2D eigenvalue weighted by Crippen LogP contribution is -2.67. The van der Waals surface area contributed by atoms with Crippen LogP contribution in [0.3, 0.4) is 0 Å². The van der Waals surface area contributed by atoms with E-state index in [0.29, 0.717) is 32.7 Å². The maximum atomic E-state index is 14.1. The van der Waals surface area contributed by atoms with Crippen LogP contribution in [0.2, 0.25) is 0 Å². The van der Waals surface area contributed by atoms with Crippen LogP contribution in [-0.4, -0.2) is 135 Å². The van der Waals surface area contributed by atoms with Crippen LogP contribution in [0, 0.1) is 11.8 Å². The molecule has 1 aromatic rings. The molecule has 13 heteroatoms. The van der Waals surface area contributed by atoms with Gasteiger partial charge in [-0.25, -0.2) is 0 Å². The summed E-state index contributed by atoms with van der Waals surface area (Å²) >= 11 is 0. The average molecular weight is 587 g/mol. The summed E-state index contributed by atoms with van der Waals surface area (Å²) in [6.45, 7) is 4.58. The number of amides is 1. The number of likely N-dealkylation sites (N-methyl/N-ethyl adjacent to an activating group) is 1. The first-order chi connectivity index (χ1) is 19.8. The number of nitrogens with one attached hydrogen (secondary N) is 1. The molecule has 1 saturated heterocycles. The van der Waals surface area contributed by atoms with Gasteiger partial charge in [0, 0.05) is 50.1 Å². The fraction of sp³-hybridized carbons (Fsp3) is 0.552. The number of aromatic hydroxyl groups is 1. The Morgan fingerprint density at radius 2 is 1.71 bits per heavy atom. The van der Waals surface area contributed by atoms with Gasteiger partial charge in [-0.2, -0.15) is 0 Å². The number of β-amino-alcohol motifs (C(OH)–C–C–N with tert-alkyl or cyclic N) is 1. The molecule has 0 aromatic heterocycles. The number of fused-ring (bicyclic) bond motifs is 3. The number of aliphatic hydroxyl groups excluding tert-OH is 3. The summed E-state index contributed by atoms with van der Waals surface area (Å²) in [5.41, 5.74) is -5.68. The van der Waals surface area contributed by atoms with Crippen molar-refractivity contribution in [1.82, 2.24) is 20.0 Å². The second-order valence-corrected chi connectivity index (χ2v) is 11.9. The molecule has 1 heterocycles. The highest BCUT2D eigenvalue weighted by atomic mass is 16.3. The van der Waals surface area contributed by atoms with Gasteiger partial charge in [0.05, 0.1) is 30.5 Å². The Kier molecular flexibility index (Phi) is 7.71. The molecule has 7 N–H and O–H groups in total. The molecule has 2 fully saturated rings. The Morgan fingerprint density at radius 3 is 2.33 bits per heavy atom. The molecular weight excluding hydrogens is 548 g/mol. The van der Waals surface area contributed by atoms with Gasteiger partial charge >= 0.3 is 0 Å². The van der Waals surface area contributed by atoms with Crippen LogP contribution < -0.4 is 5.32 Å². The minimum Gasteiger partial charge on any atom is -0.508 e. The van der Waals surface area contributed by atoms with Crippen LogP contribution in [0.15, 0.2) is 35.1 Å². The van der Waals surface area contributed by atoms with Gasteiger partial charge in [0.2, 0.25) is 5.78 Å². The third-order valence-corrected chi connectivity index (χ3v) is 9.35. The number of Topliss-reactive ketones (excluding diaryl/α,β-unsaturated/α-hetero) is 2. The van der Waals surface area contributed by atoms with E-state index in [-0.39, 0.29) is 36.6 Å². The first kappa shape index (κ1) is 30.1. The van der Waals surface area contributed by atoms with Crippen molar-refractivity contribution in [2.45, 2.75) is 30.6 Å². The number of hydrogen-bond acceptors (Lipinski definition) is 12. The van der Waals surface area contributed by atoms with Gasteiger partial charge in [0.1, 0.15) is 22.8 Å². The van der Waals surface area contributed by atoms with Crippen LogP contribution in [0.25, 0.3) is 5.76 Å². The number of rotatable bonds is 6. The van der Waals surface area contributed by atoms with E-state index in [1.807, 2.05) is 4.90 Å². The number of phenols is 1. The van der Waals surface area contributed by atoms with E-state index in [2.05, 4.69) is 10.2 Å². The van der Waals surface area contributed by atoms with Gasteiger partial charge in [-0.1, -0.05) is 12.1 Å². The third kappa shape index (κ3) is 4.43. The van der Waals surface area contributed by atoms with E-state index in [1.54, 1.807) is 14.1 Å². The number of ketones is 2. The molecular formula is C29H38N4O9. The van der Waals surface area contributed by atoms with Gasteiger partial charge in [-0.3, -0.25) is 29.1 Å². The maximum absolute atomic E-state index is 14.1. The SMILES string of the molecule is CN(C)[C@@H]1C(=O)C(C(=O)NCN2CCN(CCO)CC2)=C(O)[C@@]2(O)C(=O)C3=C(O)c4c(O)cccc4[C@@](C)(O)[C@@H]3C[C@@H]12. The summed E-state index contributed by atoms with van der Waals surface area (Å²) in [5, 5.41) is 68.5.